The van der Waals surface area contributed by atoms with Crippen molar-refractivity contribution in [3.05, 3.63) is 23.8 Å². The number of carboxylic acids is 1. The quantitative estimate of drug-likeness (QED) is 0.128. The van der Waals surface area contributed by atoms with Crippen LogP contribution in [0.1, 0.15) is 85.1 Å². The van der Waals surface area contributed by atoms with Crippen molar-refractivity contribution < 1.29 is 50.2 Å². The number of hydrogen-bond acceptors (Lipinski definition) is 8. The maximum absolute atomic E-state index is 12.9. The van der Waals surface area contributed by atoms with Crippen LogP contribution in [0.4, 0.5) is 4.79 Å². The van der Waals surface area contributed by atoms with E-state index < -0.39 is 18.1 Å². The summed E-state index contributed by atoms with van der Waals surface area (Å²) in [6.45, 7) is 15.3. The molecule has 0 aromatic carbocycles. The zero-order chi connectivity index (χ0) is 34.9. The van der Waals surface area contributed by atoms with Crippen LogP contribution in [-0.4, -0.2) is 127 Å². The Morgan fingerprint density at radius 3 is 2.45 bits per heavy atom. The summed E-state index contributed by atoms with van der Waals surface area (Å²) in [5.74, 6) is -0.856. The Morgan fingerprint density at radius 1 is 1.15 bits per heavy atom. The number of aliphatic hydroxyl groups excluding tert-OH is 1. The highest BCUT2D eigenvalue weighted by Crippen LogP contribution is 2.47. The third-order valence-corrected chi connectivity index (χ3v) is 10.0. The van der Waals surface area contributed by atoms with E-state index in [1.807, 2.05) is 14.0 Å². The van der Waals surface area contributed by atoms with E-state index in [-0.39, 0.29) is 90.5 Å². The molecule has 0 aromatic heterocycles. The number of rotatable bonds is 16. The molecule has 3 fully saturated rings. The van der Waals surface area contributed by atoms with Gasteiger partial charge in [0.15, 0.2) is 0 Å². The zero-order valence-electron chi connectivity index (χ0n) is 29.7. The van der Waals surface area contributed by atoms with E-state index in [0.29, 0.717) is 13.1 Å². The lowest BCUT2D eigenvalue weighted by Crippen LogP contribution is -2.51. The number of urea groups is 1. The summed E-state index contributed by atoms with van der Waals surface area (Å²) in [5.41, 5.74) is 0.825. The lowest BCUT2D eigenvalue weighted by Gasteiger charge is -2.35. The molecule has 0 aromatic rings. The van der Waals surface area contributed by atoms with Gasteiger partial charge in [0.2, 0.25) is 5.91 Å². The SMILES string of the molecule is CO[C@H]([C@@H](C)[C@H]1O[C@]1(C)C[C@H](C)/C=C/C=C(\C)[C@H]1O[C@@H](CC(=O)N[C@@H](CCNC(=O)N2CCN(C)CC2)C(=O)O)CC[C@@H]1C)[C@@H](C)O.[HH].[HH].[HH].[HH].[HH].[HH].[HH].[HH]. The number of aliphatic carboxylic acids is 1. The fraction of sp³-hybridized carbons (Fsp3) is 0.800. The van der Waals surface area contributed by atoms with E-state index in [9.17, 15) is 24.6 Å². The predicted molar refractivity (Wildman–Crippen MR) is 197 cm³/mol. The lowest BCUT2D eigenvalue weighted by molar-refractivity contribution is -0.143. The summed E-state index contributed by atoms with van der Waals surface area (Å²) in [6.07, 6.45) is 7.72. The van der Waals surface area contributed by atoms with Crippen LogP contribution in [0.2, 0.25) is 0 Å². The van der Waals surface area contributed by atoms with Crippen LogP contribution >= 0.6 is 0 Å². The summed E-state index contributed by atoms with van der Waals surface area (Å²) in [6, 6.07) is -1.31. The number of carbonyl (C=O) groups is 3. The van der Waals surface area contributed by atoms with Crippen molar-refractivity contribution in [2.45, 2.75) is 116 Å². The number of nitrogens with one attached hydrogen (secondary N) is 2. The van der Waals surface area contributed by atoms with E-state index in [2.05, 4.69) is 61.5 Å². The number of ether oxygens (including phenoxy) is 3. The lowest BCUT2D eigenvalue weighted by atomic mass is 9.85. The van der Waals surface area contributed by atoms with Gasteiger partial charge in [-0.25, -0.2) is 9.59 Å². The Balaban J connectivity index is -0.000000750. The minimum absolute atomic E-state index is 0. The van der Waals surface area contributed by atoms with Crippen LogP contribution < -0.4 is 10.6 Å². The Hall–Kier alpha value is -2.51. The van der Waals surface area contributed by atoms with Crippen molar-refractivity contribution in [1.29, 1.82) is 0 Å². The molecule has 3 aliphatic rings. The highest BCUT2D eigenvalue weighted by atomic mass is 16.6. The number of amides is 3. The highest BCUT2D eigenvalue weighted by molar-refractivity contribution is 5.83. The number of carboxylic acid groups (broad SMARTS) is 1. The third kappa shape index (κ3) is 11.6. The van der Waals surface area contributed by atoms with E-state index in [1.54, 1.807) is 18.9 Å². The molecule has 10 atom stereocenters. The summed E-state index contributed by atoms with van der Waals surface area (Å²) < 4.78 is 18.0. The van der Waals surface area contributed by atoms with Crippen LogP contribution in [0.3, 0.4) is 0 Å². The van der Waals surface area contributed by atoms with Gasteiger partial charge in [-0.3, -0.25) is 4.79 Å². The zero-order valence-corrected chi connectivity index (χ0v) is 29.7. The molecule has 0 spiro atoms. The molecule has 12 heteroatoms. The van der Waals surface area contributed by atoms with Gasteiger partial charge < -0.3 is 44.9 Å². The maximum atomic E-state index is 12.9. The molecule has 47 heavy (non-hydrogen) atoms. The van der Waals surface area contributed by atoms with Crippen molar-refractivity contribution in [2.75, 3.05) is 46.9 Å². The molecule has 0 bridgehead atoms. The van der Waals surface area contributed by atoms with Gasteiger partial charge in [0.05, 0.1) is 42.5 Å². The Bertz CT molecular complexity index is 1140. The molecule has 3 amide bonds. The van der Waals surface area contributed by atoms with Gasteiger partial charge in [-0.05, 0) is 70.9 Å². The standard InChI is InChI=1S/C35H60N4O8.8H2/c1-22(21-35(6)32(47-35)25(4)31(45-8)26(5)40)10-9-11-23(2)30-24(3)12-13-27(46-30)20-29(41)37-28(33(42)43)14-15-36-34(44)39-18-16-38(7)17-19-39;;;;;;;;/h9-11,22,24-28,30-32,40H,12-21H2,1-8H3,(H,36,44)(H,37,41)(H,42,43);8*1H/b10-9+,23-11+;;;;;;;;/t22-,24+,25-,26-,27-,28+,30-,31-,32-,35-;;;;;;;;/m1......../s1. The van der Waals surface area contributed by atoms with Crippen LogP contribution in [0.25, 0.3) is 0 Å². The average Bonchev–Trinajstić information content (AvgIpc) is 3.67. The summed E-state index contributed by atoms with van der Waals surface area (Å²) in [7, 11) is 3.63. The second kappa shape index (κ2) is 17.8. The van der Waals surface area contributed by atoms with Crippen molar-refractivity contribution >= 4 is 17.9 Å². The van der Waals surface area contributed by atoms with E-state index in [4.69, 9.17) is 14.2 Å². The van der Waals surface area contributed by atoms with E-state index in [0.717, 1.165) is 37.9 Å². The molecule has 3 aliphatic heterocycles. The minimum Gasteiger partial charge on any atom is -0.480 e. The molecular formula is C35H76N4O8. The molecule has 4 N–H and O–H groups in total. The number of carbonyl (C=O) groups excluding carboxylic acids is 2. The Labute approximate surface area is 293 Å². The second-order valence-electron chi connectivity index (χ2n) is 14.3. The van der Waals surface area contributed by atoms with Crippen molar-refractivity contribution in [3.63, 3.8) is 0 Å². The number of epoxide rings is 1. The predicted octanol–water partition coefficient (Wildman–Crippen LogP) is 5.16. The third-order valence-electron chi connectivity index (χ3n) is 10.0. The first kappa shape index (κ1) is 38.9. The first-order valence-electron chi connectivity index (χ1n) is 17.3. The number of likely N-dealkylation sites (N-methyl/N-ethyl adjacent to an activating group) is 1. The Kier molecular flexibility index (Phi) is 14.7. The number of hydrogen-bond donors (Lipinski definition) is 4. The van der Waals surface area contributed by atoms with Gasteiger partial charge in [-0.1, -0.05) is 39.0 Å². The molecule has 3 heterocycles. The number of aliphatic hydroxyl groups is 1. The number of methoxy groups -OCH3 is 1. The average molecular weight is 681 g/mol. The van der Waals surface area contributed by atoms with Crippen LogP contribution in [0.15, 0.2) is 23.8 Å². The molecule has 284 valence electrons. The number of allylic oxidation sites excluding steroid dienone is 3. The van der Waals surface area contributed by atoms with Gasteiger partial charge in [0.1, 0.15) is 6.04 Å². The van der Waals surface area contributed by atoms with Gasteiger partial charge >= 0.3 is 12.0 Å². The summed E-state index contributed by atoms with van der Waals surface area (Å²) in [4.78, 5) is 41.0. The smallest absolute Gasteiger partial charge is 0.326 e. The molecule has 0 saturated carbocycles. The molecular weight excluding hydrogens is 604 g/mol. The minimum atomic E-state index is -1.13. The van der Waals surface area contributed by atoms with Crippen molar-refractivity contribution in [1.82, 2.24) is 20.4 Å². The highest BCUT2D eigenvalue weighted by Gasteiger charge is 2.56. The van der Waals surface area contributed by atoms with E-state index in [1.165, 1.54) is 0 Å². The second-order valence-corrected chi connectivity index (χ2v) is 14.3. The largest absolute Gasteiger partial charge is 0.480 e. The molecule has 0 aliphatic carbocycles. The van der Waals surface area contributed by atoms with E-state index >= 15 is 0 Å². The van der Waals surface area contributed by atoms with Crippen molar-refractivity contribution in [3.8, 4) is 0 Å². The number of nitrogens with zero attached hydrogens (tertiary/aromatic N) is 2. The normalized spacial score (nSPS) is 30.3. The first-order chi connectivity index (χ1) is 22.1. The van der Waals surface area contributed by atoms with Gasteiger partial charge in [-0.15, -0.1) is 0 Å². The van der Waals surface area contributed by atoms with Gasteiger partial charge in [0.25, 0.3) is 0 Å². The fourth-order valence-corrected chi connectivity index (χ4v) is 7.18. The van der Waals surface area contributed by atoms with Gasteiger partial charge in [-0.2, -0.15) is 0 Å². The van der Waals surface area contributed by atoms with Crippen LogP contribution in [0.5, 0.6) is 0 Å². The maximum Gasteiger partial charge on any atom is 0.326 e. The Morgan fingerprint density at radius 2 is 1.83 bits per heavy atom. The molecule has 0 radical (unpaired) electrons. The molecule has 0 unspecified atom stereocenters. The molecule has 12 nitrogen and oxygen atoms in total. The molecule has 3 saturated heterocycles. The molecule has 3 rings (SSSR count). The summed E-state index contributed by atoms with van der Waals surface area (Å²) >= 11 is 0. The van der Waals surface area contributed by atoms with Gasteiger partial charge in [0, 0.05) is 57.2 Å². The van der Waals surface area contributed by atoms with Crippen LogP contribution in [0, 0.1) is 17.8 Å². The monoisotopic (exact) mass is 681 g/mol. The first-order valence-corrected chi connectivity index (χ1v) is 17.3. The van der Waals surface area contributed by atoms with Crippen molar-refractivity contribution in [2.24, 2.45) is 17.8 Å². The summed E-state index contributed by atoms with van der Waals surface area (Å²) in [5, 5.41) is 25.1. The number of piperazine rings is 1. The van der Waals surface area contributed by atoms with Crippen LogP contribution in [-0.2, 0) is 23.8 Å². The fourth-order valence-electron chi connectivity index (χ4n) is 7.18. The topological polar surface area (TPSA) is 153 Å².